The van der Waals surface area contributed by atoms with Gasteiger partial charge in [0, 0.05) is 12.1 Å². The summed E-state index contributed by atoms with van der Waals surface area (Å²) in [6, 6.07) is 4.82. The van der Waals surface area contributed by atoms with Crippen LogP contribution in [0.2, 0.25) is 0 Å². The molecule has 3 rings (SSSR count). The fraction of sp³-hybridized carbons (Fsp3) is 0.562. The summed E-state index contributed by atoms with van der Waals surface area (Å²) >= 11 is 3.16. The van der Waals surface area contributed by atoms with Crippen molar-refractivity contribution < 1.29 is 4.79 Å². The molecule has 1 unspecified atom stereocenters. The molecule has 1 saturated carbocycles. The van der Waals surface area contributed by atoms with E-state index in [9.17, 15) is 4.79 Å². The van der Waals surface area contributed by atoms with Crippen LogP contribution in [0.15, 0.2) is 22.7 Å². The fourth-order valence-corrected chi connectivity index (χ4v) is 4.09. The number of carbonyl (C=O) groups is 1. The van der Waals surface area contributed by atoms with Crippen LogP contribution in [0, 0.1) is 0 Å². The molecule has 0 spiro atoms. The molecule has 1 N–H and O–H groups in total. The van der Waals surface area contributed by atoms with Gasteiger partial charge in [-0.15, -0.1) is 21.5 Å². The summed E-state index contributed by atoms with van der Waals surface area (Å²) < 4.78 is 2.21. The molecule has 0 radical (unpaired) electrons. The number of amides is 1. The van der Waals surface area contributed by atoms with E-state index in [0.717, 1.165) is 28.7 Å². The van der Waals surface area contributed by atoms with Gasteiger partial charge in [-0.1, -0.05) is 31.2 Å². The second-order valence-corrected chi connectivity index (χ2v) is 7.82. The Kier molecular flexibility index (Phi) is 5.38. The van der Waals surface area contributed by atoms with E-state index < -0.39 is 0 Å². The first-order chi connectivity index (χ1) is 11.2. The molecule has 2 aromatic rings. The van der Waals surface area contributed by atoms with Gasteiger partial charge in [-0.05, 0) is 37.6 Å². The van der Waals surface area contributed by atoms with Crippen LogP contribution in [-0.4, -0.2) is 32.5 Å². The highest BCUT2D eigenvalue weighted by molar-refractivity contribution is 7.99. The normalized spacial score (nSPS) is 15.6. The van der Waals surface area contributed by atoms with Crippen molar-refractivity contribution in [3.05, 3.63) is 17.5 Å². The highest BCUT2D eigenvalue weighted by Gasteiger charge is 2.30. The standard InChI is InChI=1S/C16H22N4OS2/c1-3-5-11(2)17-14(21)10-23-16-19-18-15(13-6-4-9-22-13)20(16)12-7-8-12/h4,6,9,11-12H,3,5,7-8,10H2,1-2H3,(H,17,21). The lowest BCUT2D eigenvalue weighted by Gasteiger charge is -2.12. The first kappa shape index (κ1) is 16.5. The van der Waals surface area contributed by atoms with Crippen molar-refractivity contribution in [1.29, 1.82) is 0 Å². The van der Waals surface area contributed by atoms with Crippen LogP contribution in [0.4, 0.5) is 0 Å². The molecule has 0 bridgehead atoms. The average Bonchev–Trinajstić information content (AvgIpc) is 3.05. The molecule has 2 heterocycles. The zero-order valence-electron chi connectivity index (χ0n) is 13.5. The van der Waals surface area contributed by atoms with Crippen molar-refractivity contribution >= 4 is 29.0 Å². The molecule has 1 amide bonds. The zero-order valence-corrected chi connectivity index (χ0v) is 15.1. The van der Waals surface area contributed by atoms with Crippen molar-refractivity contribution in [3.63, 3.8) is 0 Å². The number of thiophene rings is 1. The smallest absolute Gasteiger partial charge is 0.230 e. The minimum Gasteiger partial charge on any atom is -0.353 e. The SMILES string of the molecule is CCCC(C)NC(=O)CSc1nnc(-c2cccs2)n1C1CC1. The highest BCUT2D eigenvalue weighted by atomic mass is 32.2. The number of aromatic nitrogens is 3. The van der Waals surface area contributed by atoms with Crippen molar-refractivity contribution in [2.24, 2.45) is 0 Å². The van der Waals surface area contributed by atoms with Gasteiger partial charge in [0.05, 0.1) is 10.6 Å². The van der Waals surface area contributed by atoms with Gasteiger partial charge in [0.2, 0.25) is 5.91 Å². The molecule has 124 valence electrons. The first-order valence-corrected chi connectivity index (χ1v) is 9.96. The number of carbonyl (C=O) groups excluding carboxylic acids is 1. The van der Waals surface area contributed by atoms with E-state index in [-0.39, 0.29) is 11.9 Å². The number of nitrogens with zero attached hydrogens (tertiary/aromatic N) is 3. The molecule has 0 aliphatic heterocycles. The maximum atomic E-state index is 12.0. The Balaban J connectivity index is 1.65. The Morgan fingerprint density at radius 3 is 3.00 bits per heavy atom. The maximum Gasteiger partial charge on any atom is 0.230 e. The number of hydrogen-bond donors (Lipinski definition) is 1. The zero-order chi connectivity index (χ0) is 16.2. The predicted octanol–water partition coefficient (Wildman–Crippen LogP) is 3.74. The Morgan fingerprint density at radius 1 is 1.52 bits per heavy atom. The van der Waals surface area contributed by atoms with Gasteiger partial charge in [-0.25, -0.2) is 0 Å². The topological polar surface area (TPSA) is 59.8 Å². The highest BCUT2D eigenvalue weighted by Crippen LogP contribution is 2.41. The molecule has 1 aliphatic rings. The summed E-state index contributed by atoms with van der Waals surface area (Å²) in [4.78, 5) is 13.2. The lowest BCUT2D eigenvalue weighted by Crippen LogP contribution is -2.33. The van der Waals surface area contributed by atoms with Crippen LogP contribution in [0.1, 0.15) is 45.6 Å². The summed E-state index contributed by atoms with van der Waals surface area (Å²) in [5.41, 5.74) is 0. The van der Waals surface area contributed by atoms with E-state index in [1.165, 1.54) is 24.6 Å². The van der Waals surface area contributed by atoms with Gasteiger partial charge in [0.1, 0.15) is 0 Å². The lowest BCUT2D eigenvalue weighted by atomic mass is 10.2. The van der Waals surface area contributed by atoms with Gasteiger partial charge in [-0.3, -0.25) is 9.36 Å². The lowest BCUT2D eigenvalue weighted by molar-refractivity contribution is -0.119. The van der Waals surface area contributed by atoms with E-state index >= 15 is 0 Å². The Labute approximate surface area is 144 Å². The van der Waals surface area contributed by atoms with E-state index in [0.29, 0.717) is 11.8 Å². The van der Waals surface area contributed by atoms with Gasteiger partial charge < -0.3 is 5.32 Å². The molecular formula is C16H22N4OS2. The molecule has 0 saturated heterocycles. The van der Waals surface area contributed by atoms with E-state index in [4.69, 9.17) is 0 Å². The van der Waals surface area contributed by atoms with Gasteiger partial charge in [0.15, 0.2) is 11.0 Å². The molecular weight excluding hydrogens is 328 g/mol. The molecule has 1 fully saturated rings. The van der Waals surface area contributed by atoms with Crippen molar-refractivity contribution in [2.45, 2.75) is 56.8 Å². The van der Waals surface area contributed by atoms with Crippen LogP contribution in [0.25, 0.3) is 10.7 Å². The van der Waals surface area contributed by atoms with Crippen molar-refractivity contribution in [1.82, 2.24) is 20.1 Å². The average molecular weight is 351 g/mol. The third kappa shape index (κ3) is 4.14. The fourth-order valence-electron chi connectivity index (χ4n) is 2.56. The van der Waals surface area contributed by atoms with Crippen LogP contribution in [0.3, 0.4) is 0 Å². The quantitative estimate of drug-likeness (QED) is 0.737. The summed E-state index contributed by atoms with van der Waals surface area (Å²) in [7, 11) is 0. The monoisotopic (exact) mass is 350 g/mol. The first-order valence-electron chi connectivity index (χ1n) is 8.10. The largest absolute Gasteiger partial charge is 0.353 e. The van der Waals surface area contributed by atoms with Crippen LogP contribution < -0.4 is 5.32 Å². The van der Waals surface area contributed by atoms with E-state index in [1.807, 2.05) is 13.0 Å². The number of hydrogen-bond acceptors (Lipinski definition) is 5. The number of nitrogens with one attached hydrogen (secondary N) is 1. The maximum absolute atomic E-state index is 12.0. The minimum absolute atomic E-state index is 0.0685. The Hall–Kier alpha value is -1.34. The van der Waals surface area contributed by atoms with Crippen molar-refractivity contribution in [3.8, 4) is 10.7 Å². The Morgan fingerprint density at radius 2 is 2.35 bits per heavy atom. The van der Waals surface area contributed by atoms with Crippen LogP contribution >= 0.6 is 23.1 Å². The third-order valence-electron chi connectivity index (χ3n) is 3.78. The second-order valence-electron chi connectivity index (χ2n) is 5.93. The van der Waals surface area contributed by atoms with Crippen molar-refractivity contribution in [2.75, 3.05) is 5.75 Å². The molecule has 23 heavy (non-hydrogen) atoms. The summed E-state index contributed by atoms with van der Waals surface area (Å²) in [6.45, 7) is 4.18. The van der Waals surface area contributed by atoms with Gasteiger partial charge in [0.25, 0.3) is 0 Å². The Bertz CT molecular complexity index is 649. The molecule has 0 aromatic carbocycles. The number of rotatable bonds is 8. The molecule has 5 nitrogen and oxygen atoms in total. The molecule has 7 heteroatoms. The molecule has 1 atom stereocenters. The third-order valence-corrected chi connectivity index (χ3v) is 5.59. The van der Waals surface area contributed by atoms with Gasteiger partial charge in [-0.2, -0.15) is 0 Å². The summed E-state index contributed by atoms with van der Waals surface area (Å²) in [5, 5.41) is 14.6. The minimum atomic E-state index is 0.0685. The summed E-state index contributed by atoms with van der Waals surface area (Å²) in [6.07, 6.45) is 4.43. The summed E-state index contributed by atoms with van der Waals surface area (Å²) in [5.74, 6) is 1.40. The molecule has 1 aliphatic carbocycles. The predicted molar refractivity (Wildman–Crippen MR) is 94.8 cm³/mol. The number of thioether (sulfide) groups is 1. The second kappa shape index (κ2) is 7.49. The molecule has 2 aromatic heterocycles. The van der Waals surface area contributed by atoms with E-state index in [1.54, 1.807) is 11.3 Å². The van der Waals surface area contributed by atoms with Crippen LogP contribution in [-0.2, 0) is 4.79 Å². The van der Waals surface area contributed by atoms with Gasteiger partial charge >= 0.3 is 0 Å². The van der Waals surface area contributed by atoms with Crippen LogP contribution in [0.5, 0.6) is 0 Å². The van der Waals surface area contributed by atoms with E-state index in [2.05, 4.69) is 38.5 Å².